The van der Waals surface area contributed by atoms with E-state index in [-0.39, 0.29) is 12.5 Å². The number of amides is 2. The van der Waals surface area contributed by atoms with Crippen LogP contribution in [0.2, 0.25) is 0 Å². The van der Waals surface area contributed by atoms with Gasteiger partial charge in [0.2, 0.25) is 0 Å². The van der Waals surface area contributed by atoms with Gasteiger partial charge in [-0.3, -0.25) is 14.4 Å². The maximum absolute atomic E-state index is 12.0. The van der Waals surface area contributed by atoms with Crippen LogP contribution in [0.5, 0.6) is 5.75 Å². The van der Waals surface area contributed by atoms with Crippen LogP contribution in [0.25, 0.3) is 0 Å². The Balaban J connectivity index is 1.71. The van der Waals surface area contributed by atoms with Crippen LogP contribution in [0.1, 0.15) is 22.2 Å². The quantitative estimate of drug-likeness (QED) is 0.685. The lowest BCUT2D eigenvalue weighted by molar-refractivity contribution is -0.153. The highest BCUT2D eigenvalue weighted by Crippen LogP contribution is 2.11. The molecular weight excluding hydrogens is 356 g/mol. The molecule has 0 aliphatic rings. The first kappa shape index (κ1) is 19.5. The van der Waals surface area contributed by atoms with Crippen molar-refractivity contribution in [1.29, 1.82) is 0 Å². The van der Waals surface area contributed by atoms with Crippen LogP contribution in [-0.2, 0) is 20.9 Å². The summed E-state index contributed by atoms with van der Waals surface area (Å²) in [5.74, 6) is -0.721. The molecule has 1 heterocycles. The SMILES string of the molecule is COc1ccc(CNC(=O)[C@H](C)OC(=O)CNC(=O)c2cccs2)cc1. The standard InChI is InChI=1S/C18H20N2O5S/c1-12(17(22)19-10-13-5-7-14(24-2)8-6-13)25-16(21)11-20-18(23)15-4-3-9-26-15/h3-9,12H,10-11H2,1-2H3,(H,19,22)(H,20,23)/t12-/m0/s1. The Hall–Kier alpha value is -2.87. The second-order valence-electron chi connectivity index (χ2n) is 5.36. The van der Waals surface area contributed by atoms with Crippen LogP contribution in [0.4, 0.5) is 0 Å². The van der Waals surface area contributed by atoms with Gasteiger partial charge >= 0.3 is 5.97 Å². The zero-order valence-electron chi connectivity index (χ0n) is 14.5. The van der Waals surface area contributed by atoms with Crippen molar-refractivity contribution in [3.63, 3.8) is 0 Å². The normalized spacial score (nSPS) is 11.3. The average molecular weight is 376 g/mol. The van der Waals surface area contributed by atoms with Crippen molar-refractivity contribution in [2.24, 2.45) is 0 Å². The summed E-state index contributed by atoms with van der Waals surface area (Å²) >= 11 is 1.27. The lowest BCUT2D eigenvalue weighted by Gasteiger charge is -2.14. The molecule has 0 spiro atoms. The minimum atomic E-state index is -0.959. The van der Waals surface area contributed by atoms with E-state index in [1.54, 1.807) is 36.8 Å². The van der Waals surface area contributed by atoms with Crippen molar-refractivity contribution in [3.8, 4) is 5.75 Å². The molecule has 0 fully saturated rings. The second-order valence-corrected chi connectivity index (χ2v) is 6.31. The van der Waals surface area contributed by atoms with Gasteiger partial charge in [0.05, 0.1) is 12.0 Å². The number of methoxy groups -OCH3 is 1. The number of carbonyl (C=O) groups is 3. The van der Waals surface area contributed by atoms with Crippen LogP contribution < -0.4 is 15.4 Å². The molecule has 8 heteroatoms. The van der Waals surface area contributed by atoms with E-state index in [9.17, 15) is 14.4 Å². The van der Waals surface area contributed by atoms with E-state index in [1.807, 2.05) is 12.1 Å². The van der Waals surface area contributed by atoms with E-state index in [2.05, 4.69) is 10.6 Å². The van der Waals surface area contributed by atoms with E-state index in [1.165, 1.54) is 18.3 Å². The van der Waals surface area contributed by atoms with Gasteiger partial charge in [-0.1, -0.05) is 18.2 Å². The maximum atomic E-state index is 12.0. The van der Waals surface area contributed by atoms with Gasteiger partial charge in [-0.15, -0.1) is 11.3 Å². The Morgan fingerprint density at radius 2 is 1.85 bits per heavy atom. The number of esters is 1. The molecule has 0 saturated heterocycles. The highest BCUT2D eigenvalue weighted by molar-refractivity contribution is 7.12. The highest BCUT2D eigenvalue weighted by Gasteiger charge is 2.18. The largest absolute Gasteiger partial charge is 0.497 e. The zero-order valence-corrected chi connectivity index (χ0v) is 15.3. The van der Waals surface area contributed by atoms with Crippen LogP contribution >= 0.6 is 11.3 Å². The fraction of sp³-hybridized carbons (Fsp3) is 0.278. The van der Waals surface area contributed by atoms with Crippen molar-refractivity contribution in [2.75, 3.05) is 13.7 Å². The third-order valence-electron chi connectivity index (χ3n) is 3.44. The van der Waals surface area contributed by atoms with Gasteiger partial charge < -0.3 is 20.1 Å². The molecular formula is C18H20N2O5S. The van der Waals surface area contributed by atoms with Crippen molar-refractivity contribution < 1.29 is 23.9 Å². The molecule has 138 valence electrons. The van der Waals surface area contributed by atoms with E-state index in [0.29, 0.717) is 11.4 Å². The van der Waals surface area contributed by atoms with Crippen molar-refractivity contribution in [3.05, 3.63) is 52.2 Å². The van der Waals surface area contributed by atoms with Crippen LogP contribution in [0, 0.1) is 0 Å². The van der Waals surface area contributed by atoms with Gasteiger partial charge in [-0.05, 0) is 36.1 Å². The third-order valence-corrected chi connectivity index (χ3v) is 4.31. The topological polar surface area (TPSA) is 93.7 Å². The number of hydrogen-bond acceptors (Lipinski definition) is 6. The number of thiophene rings is 1. The molecule has 0 aliphatic carbocycles. The molecule has 0 radical (unpaired) electrons. The molecule has 0 bridgehead atoms. The number of ether oxygens (including phenoxy) is 2. The summed E-state index contributed by atoms with van der Waals surface area (Å²) < 4.78 is 10.1. The van der Waals surface area contributed by atoms with Crippen molar-refractivity contribution >= 4 is 29.1 Å². The number of nitrogens with one attached hydrogen (secondary N) is 2. The lowest BCUT2D eigenvalue weighted by atomic mass is 10.2. The summed E-state index contributed by atoms with van der Waals surface area (Å²) in [6.07, 6.45) is -0.959. The van der Waals surface area contributed by atoms with E-state index in [4.69, 9.17) is 9.47 Å². The molecule has 1 aromatic carbocycles. The third kappa shape index (κ3) is 5.89. The highest BCUT2D eigenvalue weighted by atomic mass is 32.1. The molecule has 2 aromatic rings. The molecule has 2 amide bonds. The Kier molecular flexibility index (Phi) is 7.16. The summed E-state index contributed by atoms with van der Waals surface area (Å²) in [6, 6.07) is 10.6. The predicted molar refractivity (Wildman–Crippen MR) is 97.0 cm³/mol. The molecule has 2 N–H and O–H groups in total. The average Bonchev–Trinajstić information content (AvgIpc) is 3.19. The minimum Gasteiger partial charge on any atom is -0.497 e. The predicted octanol–water partition coefficient (Wildman–Crippen LogP) is 1.73. The molecule has 0 saturated carbocycles. The minimum absolute atomic E-state index is 0.299. The van der Waals surface area contributed by atoms with Crippen molar-refractivity contribution in [1.82, 2.24) is 10.6 Å². The first-order valence-electron chi connectivity index (χ1n) is 7.91. The first-order valence-corrected chi connectivity index (χ1v) is 8.79. The second kappa shape index (κ2) is 9.57. The van der Waals surface area contributed by atoms with E-state index >= 15 is 0 Å². The van der Waals surface area contributed by atoms with E-state index < -0.39 is 18.0 Å². The summed E-state index contributed by atoms with van der Waals surface area (Å²) in [5, 5.41) is 6.90. The van der Waals surface area contributed by atoms with Crippen molar-refractivity contribution in [2.45, 2.75) is 19.6 Å². The molecule has 0 aliphatic heterocycles. The lowest BCUT2D eigenvalue weighted by Crippen LogP contribution is -2.38. The van der Waals surface area contributed by atoms with Gasteiger partial charge in [0, 0.05) is 6.54 Å². The molecule has 7 nitrogen and oxygen atoms in total. The van der Waals surface area contributed by atoms with Gasteiger partial charge in [-0.25, -0.2) is 0 Å². The number of rotatable bonds is 8. The van der Waals surface area contributed by atoms with Crippen LogP contribution in [-0.4, -0.2) is 37.5 Å². The number of carbonyl (C=O) groups excluding carboxylic acids is 3. The summed E-state index contributed by atoms with van der Waals surface area (Å²) in [7, 11) is 1.58. The summed E-state index contributed by atoms with van der Waals surface area (Å²) in [5.41, 5.74) is 0.890. The smallest absolute Gasteiger partial charge is 0.326 e. The Morgan fingerprint density at radius 3 is 2.46 bits per heavy atom. The van der Waals surface area contributed by atoms with Crippen LogP contribution in [0.3, 0.4) is 0 Å². The maximum Gasteiger partial charge on any atom is 0.326 e. The molecule has 1 aromatic heterocycles. The van der Waals surface area contributed by atoms with Crippen LogP contribution in [0.15, 0.2) is 41.8 Å². The Morgan fingerprint density at radius 1 is 1.12 bits per heavy atom. The van der Waals surface area contributed by atoms with Gasteiger partial charge in [0.1, 0.15) is 12.3 Å². The molecule has 1 atom stereocenters. The first-order chi connectivity index (χ1) is 12.5. The number of benzene rings is 1. The fourth-order valence-corrected chi connectivity index (χ4v) is 2.66. The fourth-order valence-electron chi connectivity index (χ4n) is 2.02. The van der Waals surface area contributed by atoms with E-state index in [0.717, 1.165) is 11.3 Å². The zero-order chi connectivity index (χ0) is 18.9. The van der Waals surface area contributed by atoms with Gasteiger partial charge in [0.25, 0.3) is 11.8 Å². The Bertz CT molecular complexity index is 743. The monoisotopic (exact) mass is 376 g/mol. The molecule has 2 rings (SSSR count). The van der Waals surface area contributed by atoms with Gasteiger partial charge in [-0.2, -0.15) is 0 Å². The molecule has 26 heavy (non-hydrogen) atoms. The van der Waals surface area contributed by atoms with Gasteiger partial charge in [0.15, 0.2) is 6.10 Å². The number of hydrogen-bond donors (Lipinski definition) is 2. The summed E-state index contributed by atoms with van der Waals surface area (Å²) in [4.78, 5) is 36.0. The summed E-state index contributed by atoms with van der Waals surface area (Å²) in [6.45, 7) is 1.48. The molecule has 0 unspecified atom stereocenters. The Labute approximate surface area is 155 Å².